The van der Waals surface area contributed by atoms with Crippen LogP contribution in [0.5, 0.6) is 0 Å². The summed E-state index contributed by atoms with van der Waals surface area (Å²) < 4.78 is 2.27. The number of benzene rings is 1. The second-order valence-electron chi connectivity index (χ2n) is 9.98. The van der Waals surface area contributed by atoms with Crippen LogP contribution in [-0.2, 0) is 6.54 Å². The van der Waals surface area contributed by atoms with E-state index >= 15 is 0 Å². The first-order chi connectivity index (χ1) is 17.2. The predicted molar refractivity (Wildman–Crippen MR) is 144 cm³/mol. The quantitative estimate of drug-likeness (QED) is 0.298. The summed E-state index contributed by atoms with van der Waals surface area (Å²) in [5, 5.41) is 11.5. The standard InChI is InChI=1S/C27H33N7S/c28-21-9-11-22(12-10-21)31-27-32-25(24-26(33-27)34(17-30-24)23-3-1-2-4-23)29-15-18-5-7-19(8-6-18)20-13-14-35-16-20/h5-8,13-14,16-17,21-23H,1-4,9-12,15,28H2,(H2,29,31,32,33). The van der Waals surface area contributed by atoms with Gasteiger partial charge >= 0.3 is 0 Å². The lowest BCUT2D eigenvalue weighted by Crippen LogP contribution is -2.33. The Morgan fingerprint density at radius 2 is 1.74 bits per heavy atom. The van der Waals surface area contributed by atoms with Crippen molar-refractivity contribution < 1.29 is 0 Å². The predicted octanol–water partition coefficient (Wildman–Crippen LogP) is 5.96. The van der Waals surface area contributed by atoms with Crippen LogP contribution in [0.4, 0.5) is 11.8 Å². The monoisotopic (exact) mass is 487 g/mol. The molecule has 2 aliphatic carbocycles. The Hall–Kier alpha value is -2.97. The van der Waals surface area contributed by atoms with Gasteiger partial charge in [-0.05, 0) is 72.0 Å². The molecule has 4 N–H and O–H groups in total. The molecule has 0 atom stereocenters. The summed E-state index contributed by atoms with van der Waals surface area (Å²) in [4.78, 5) is 14.6. The number of anilines is 2. The Balaban J connectivity index is 1.25. The summed E-state index contributed by atoms with van der Waals surface area (Å²) in [7, 11) is 0. The smallest absolute Gasteiger partial charge is 0.227 e. The molecule has 0 amide bonds. The molecule has 0 saturated heterocycles. The molecule has 2 fully saturated rings. The van der Waals surface area contributed by atoms with Crippen molar-refractivity contribution in [3.63, 3.8) is 0 Å². The van der Waals surface area contributed by atoms with Crippen LogP contribution in [0.25, 0.3) is 22.3 Å². The zero-order chi connectivity index (χ0) is 23.6. The van der Waals surface area contributed by atoms with Crippen LogP contribution in [0.1, 0.15) is 63.0 Å². The fraction of sp³-hybridized carbons (Fsp3) is 0.444. The Morgan fingerprint density at radius 1 is 0.943 bits per heavy atom. The maximum atomic E-state index is 6.12. The molecule has 3 heterocycles. The number of rotatable bonds is 7. The van der Waals surface area contributed by atoms with Crippen LogP contribution >= 0.6 is 11.3 Å². The first kappa shape index (κ1) is 22.5. The number of fused-ring (bicyclic) bond motifs is 1. The molecular weight excluding hydrogens is 454 g/mol. The van der Waals surface area contributed by atoms with Gasteiger partial charge in [-0.25, -0.2) is 4.98 Å². The van der Waals surface area contributed by atoms with Gasteiger partial charge in [-0.2, -0.15) is 21.3 Å². The van der Waals surface area contributed by atoms with Gasteiger partial charge in [0.1, 0.15) is 0 Å². The second-order valence-corrected chi connectivity index (χ2v) is 10.8. The van der Waals surface area contributed by atoms with E-state index in [9.17, 15) is 0 Å². The summed E-state index contributed by atoms with van der Waals surface area (Å²) in [6.45, 7) is 0.685. The third-order valence-corrected chi connectivity index (χ3v) is 8.20. The molecule has 2 saturated carbocycles. The number of thiophene rings is 1. The van der Waals surface area contributed by atoms with Crippen LogP contribution < -0.4 is 16.4 Å². The lowest BCUT2D eigenvalue weighted by atomic mass is 9.92. The number of nitrogens with zero attached hydrogens (tertiary/aromatic N) is 4. The molecule has 7 nitrogen and oxygen atoms in total. The zero-order valence-corrected chi connectivity index (χ0v) is 20.8. The maximum Gasteiger partial charge on any atom is 0.227 e. The van der Waals surface area contributed by atoms with E-state index in [-0.39, 0.29) is 0 Å². The van der Waals surface area contributed by atoms with Crippen LogP contribution in [-0.4, -0.2) is 31.6 Å². The number of aromatic nitrogens is 4. The minimum atomic E-state index is 0.323. The largest absolute Gasteiger partial charge is 0.364 e. The van der Waals surface area contributed by atoms with Gasteiger partial charge in [0.25, 0.3) is 0 Å². The van der Waals surface area contributed by atoms with Gasteiger partial charge in [-0.3, -0.25) is 0 Å². The van der Waals surface area contributed by atoms with Crippen molar-refractivity contribution in [3.05, 3.63) is 53.0 Å². The van der Waals surface area contributed by atoms with E-state index < -0.39 is 0 Å². The molecule has 35 heavy (non-hydrogen) atoms. The number of nitrogens with one attached hydrogen (secondary N) is 2. The van der Waals surface area contributed by atoms with Gasteiger partial charge in [0, 0.05) is 24.7 Å². The van der Waals surface area contributed by atoms with Gasteiger partial charge in [-0.1, -0.05) is 37.1 Å². The highest BCUT2D eigenvalue weighted by atomic mass is 32.1. The molecule has 182 valence electrons. The minimum Gasteiger partial charge on any atom is -0.364 e. The maximum absolute atomic E-state index is 6.12. The summed E-state index contributed by atoms with van der Waals surface area (Å²) in [6, 6.07) is 12.1. The molecule has 0 bridgehead atoms. The molecule has 0 radical (unpaired) electrons. The first-order valence-electron chi connectivity index (χ1n) is 12.8. The molecule has 0 spiro atoms. The second kappa shape index (κ2) is 9.95. The first-order valence-corrected chi connectivity index (χ1v) is 13.8. The average molecular weight is 488 g/mol. The molecular formula is C27H33N7S. The minimum absolute atomic E-state index is 0.323. The van der Waals surface area contributed by atoms with Gasteiger partial charge in [0.2, 0.25) is 5.95 Å². The van der Waals surface area contributed by atoms with Crippen molar-refractivity contribution in [3.8, 4) is 11.1 Å². The Bertz CT molecular complexity index is 1250. The zero-order valence-electron chi connectivity index (χ0n) is 20.0. The molecule has 0 aliphatic heterocycles. The van der Waals surface area contributed by atoms with Crippen molar-refractivity contribution in [2.75, 3.05) is 10.6 Å². The van der Waals surface area contributed by atoms with Crippen molar-refractivity contribution >= 4 is 34.3 Å². The third kappa shape index (κ3) is 4.90. The van der Waals surface area contributed by atoms with E-state index in [2.05, 4.69) is 56.3 Å². The average Bonchev–Trinajstić information content (AvgIpc) is 3.66. The van der Waals surface area contributed by atoms with E-state index in [0.29, 0.717) is 30.6 Å². The highest BCUT2D eigenvalue weighted by molar-refractivity contribution is 7.08. The molecule has 4 aromatic rings. The molecule has 3 aromatic heterocycles. The van der Waals surface area contributed by atoms with Crippen molar-refractivity contribution in [1.29, 1.82) is 0 Å². The summed E-state index contributed by atoms with van der Waals surface area (Å²) in [6.07, 6.45) is 11.1. The van der Waals surface area contributed by atoms with Gasteiger partial charge < -0.3 is 20.9 Å². The Kier molecular flexibility index (Phi) is 6.39. The van der Waals surface area contributed by atoms with Crippen LogP contribution in [0, 0.1) is 0 Å². The van der Waals surface area contributed by atoms with Crippen LogP contribution in [0.15, 0.2) is 47.4 Å². The van der Waals surface area contributed by atoms with Crippen LogP contribution in [0.2, 0.25) is 0 Å². The fourth-order valence-corrected chi connectivity index (χ4v) is 6.09. The molecule has 6 rings (SSSR count). The number of nitrogens with two attached hydrogens (primary N) is 1. The lowest BCUT2D eigenvalue weighted by molar-refractivity contribution is 0.410. The highest BCUT2D eigenvalue weighted by Gasteiger charge is 2.23. The summed E-state index contributed by atoms with van der Waals surface area (Å²) in [5.41, 5.74) is 11.6. The number of imidazole rings is 1. The van der Waals surface area contributed by atoms with E-state index in [1.54, 1.807) is 11.3 Å². The number of hydrogen-bond donors (Lipinski definition) is 3. The van der Waals surface area contributed by atoms with Gasteiger partial charge in [0.05, 0.1) is 6.33 Å². The van der Waals surface area contributed by atoms with Gasteiger partial charge in [-0.15, -0.1) is 0 Å². The molecule has 0 unspecified atom stereocenters. The summed E-state index contributed by atoms with van der Waals surface area (Å²) >= 11 is 1.72. The van der Waals surface area contributed by atoms with Crippen molar-refractivity contribution in [2.24, 2.45) is 5.73 Å². The van der Waals surface area contributed by atoms with E-state index in [1.165, 1.54) is 42.4 Å². The summed E-state index contributed by atoms with van der Waals surface area (Å²) in [5.74, 6) is 1.48. The number of hydrogen-bond acceptors (Lipinski definition) is 7. The van der Waals surface area contributed by atoms with E-state index in [4.69, 9.17) is 20.7 Å². The Morgan fingerprint density at radius 3 is 2.49 bits per heavy atom. The van der Waals surface area contributed by atoms with E-state index in [1.807, 2.05) is 6.33 Å². The molecule has 1 aromatic carbocycles. The van der Waals surface area contributed by atoms with Crippen molar-refractivity contribution in [1.82, 2.24) is 19.5 Å². The van der Waals surface area contributed by atoms with Crippen molar-refractivity contribution in [2.45, 2.75) is 76.0 Å². The van der Waals surface area contributed by atoms with Crippen LogP contribution in [0.3, 0.4) is 0 Å². The topological polar surface area (TPSA) is 93.7 Å². The lowest BCUT2D eigenvalue weighted by Gasteiger charge is -2.27. The Labute approximate surface area is 210 Å². The third-order valence-electron chi connectivity index (χ3n) is 7.51. The van der Waals surface area contributed by atoms with Gasteiger partial charge in [0.15, 0.2) is 17.0 Å². The van der Waals surface area contributed by atoms with E-state index in [0.717, 1.165) is 42.7 Å². The highest BCUT2D eigenvalue weighted by Crippen LogP contribution is 2.33. The normalized spacial score (nSPS) is 20.9. The molecule has 2 aliphatic rings. The fourth-order valence-electron chi connectivity index (χ4n) is 5.43. The SMILES string of the molecule is NC1CCC(Nc2nc(NCc3ccc(-c4ccsc4)cc3)c3ncn(C4CCCC4)c3n2)CC1. The molecule has 8 heteroatoms.